The Labute approximate surface area is 152 Å². The van der Waals surface area contributed by atoms with Crippen LogP contribution in [0.5, 0.6) is 0 Å². The third-order valence-corrected chi connectivity index (χ3v) is 4.67. The lowest BCUT2D eigenvalue weighted by Gasteiger charge is -2.35. The predicted octanol–water partition coefficient (Wildman–Crippen LogP) is 3.03. The number of aliphatic hydroxyl groups excluding tert-OH is 1. The first kappa shape index (κ1) is 16.9. The van der Waals surface area contributed by atoms with Crippen LogP contribution in [-0.4, -0.2) is 28.9 Å². The van der Waals surface area contributed by atoms with Gasteiger partial charge in [-0.05, 0) is 16.7 Å². The molecule has 0 radical (unpaired) electrons. The Morgan fingerprint density at radius 2 is 1.15 bits per heavy atom. The van der Waals surface area contributed by atoms with Crippen molar-refractivity contribution in [2.24, 2.45) is 0 Å². The van der Waals surface area contributed by atoms with Crippen molar-refractivity contribution in [2.75, 3.05) is 6.61 Å². The van der Waals surface area contributed by atoms with Crippen molar-refractivity contribution in [2.45, 2.75) is 17.7 Å². The Kier molecular flexibility index (Phi) is 4.34. The minimum absolute atomic E-state index is 0.522. The highest BCUT2D eigenvalue weighted by Crippen LogP contribution is 2.47. The summed E-state index contributed by atoms with van der Waals surface area (Å²) in [6.07, 6.45) is -0.923. The molecule has 0 spiro atoms. The molecule has 4 rings (SSSR count). The maximum atomic E-state index is 10.2. The van der Waals surface area contributed by atoms with Crippen molar-refractivity contribution in [3.8, 4) is 0 Å². The Morgan fingerprint density at radius 1 is 0.769 bits per heavy atom. The molecule has 4 heteroatoms. The average molecular weight is 348 g/mol. The Hall–Kier alpha value is -2.50. The second kappa shape index (κ2) is 6.67. The van der Waals surface area contributed by atoms with Crippen molar-refractivity contribution in [1.29, 1.82) is 0 Å². The molecule has 0 amide bonds. The summed E-state index contributed by atoms with van der Waals surface area (Å²) in [6, 6.07) is 29.5. The topological polar surface area (TPSA) is 62.2 Å². The third-order valence-electron chi connectivity index (χ3n) is 4.67. The molecule has 1 aliphatic rings. The van der Waals surface area contributed by atoms with E-state index in [0.29, 0.717) is 0 Å². The van der Waals surface area contributed by atoms with E-state index in [1.165, 1.54) is 0 Å². The minimum atomic E-state index is -1.66. The van der Waals surface area contributed by atoms with Crippen molar-refractivity contribution in [1.82, 2.24) is 0 Å². The summed E-state index contributed by atoms with van der Waals surface area (Å²) < 4.78 is 11.6. The molecule has 1 heterocycles. The first-order valence-electron chi connectivity index (χ1n) is 8.54. The zero-order valence-corrected chi connectivity index (χ0v) is 14.2. The number of epoxide rings is 1. The summed E-state index contributed by atoms with van der Waals surface area (Å²) in [7, 11) is 0. The van der Waals surface area contributed by atoms with Crippen LogP contribution in [0.25, 0.3) is 0 Å². The third kappa shape index (κ3) is 2.83. The second-order valence-corrected chi connectivity index (χ2v) is 6.35. The lowest BCUT2D eigenvalue weighted by Crippen LogP contribution is -2.36. The Bertz CT molecular complexity index is 754. The molecule has 2 unspecified atom stereocenters. The minimum Gasteiger partial charge on any atom is -0.391 e. The molecule has 26 heavy (non-hydrogen) atoms. The fraction of sp³-hybridized carbons (Fsp3) is 0.182. The Balaban J connectivity index is 1.92. The number of benzene rings is 3. The van der Waals surface area contributed by atoms with E-state index < -0.39 is 24.3 Å². The van der Waals surface area contributed by atoms with Gasteiger partial charge < -0.3 is 19.7 Å². The molecule has 0 saturated carbocycles. The van der Waals surface area contributed by atoms with E-state index in [2.05, 4.69) is 0 Å². The molecule has 132 valence electrons. The van der Waals surface area contributed by atoms with Gasteiger partial charge in [0.15, 0.2) is 0 Å². The van der Waals surface area contributed by atoms with E-state index in [0.717, 1.165) is 16.7 Å². The van der Waals surface area contributed by atoms with Gasteiger partial charge in [-0.1, -0.05) is 91.0 Å². The summed E-state index contributed by atoms with van der Waals surface area (Å²) in [5, 5.41) is 19.6. The molecule has 3 aromatic carbocycles. The SMILES string of the molecule is OCC1(O)OC1OC(c1ccccc1)(c1ccccc1)c1ccccc1. The van der Waals surface area contributed by atoms with Crippen LogP contribution in [0.15, 0.2) is 91.0 Å². The average Bonchev–Trinajstić information content (AvgIpc) is 3.38. The van der Waals surface area contributed by atoms with Crippen LogP contribution in [0.2, 0.25) is 0 Å². The molecule has 3 aromatic rings. The number of hydrogen-bond acceptors (Lipinski definition) is 4. The Morgan fingerprint density at radius 3 is 1.46 bits per heavy atom. The van der Waals surface area contributed by atoms with Crippen LogP contribution < -0.4 is 0 Å². The van der Waals surface area contributed by atoms with E-state index in [9.17, 15) is 10.2 Å². The maximum Gasteiger partial charge on any atom is 0.244 e. The molecule has 4 nitrogen and oxygen atoms in total. The van der Waals surface area contributed by atoms with Gasteiger partial charge in [-0.2, -0.15) is 0 Å². The predicted molar refractivity (Wildman–Crippen MR) is 97.2 cm³/mol. The molecule has 1 aliphatic heterocycles. The summed E-state index contributed by atoms with van der Waals surface area (Å²) >= 11 is 0. The van der Waals surface area contributed by atoms with Crippen molar-refractivity contribution < 1.29 is 19.7 Å². The molecular formula is C22H20O4. The van der Waals surface area contributed by atoms with E-state index in [4.69, 9.17) is 9.47 Å². The van der Waals surface area contributed by atoms with Gasteiger partial charge in [-0.25, -0.2) is 0 Å². The van der Waals surface area contributed by atoms with Crippen molar-refractivity contribution in [3.63, 3.8) is 0 Å². The first-order chi connectivity index (χ1) is 12.7. The van der Waals surface area contributed by atoms with Crippen LogP contribution in [0.1, 0.15) is 16.7 Å². The number of hydrogen-bond donors (Lipinski definition) is 2. The van der Waals surface area contributed by atoms with E-state index >= 15 is 0 Å². The van der Waals surface area contributed by atoms with Gasteiger partial charge in [0.1, 0.15) is 12.2 Å². The van der Waals surface area contributed by atoms with E-state index in [1.807, 2.05) is 91.0 Å². The zero-order valence-electron chi connectivity index (χ0n) is 14.2. The fourth-order valence-electron chi connectivity index (χ4n) is 3.26. The van der Waals surface area contributed by atoms with Gasteiger partial charge >= 0.3 is 0 Å². The quantitative estimate of drug-likeness (QED) is 0.531. The van der Waals surface area contributed by atoms with Gasteiger partial charge in [-0.3, -0.25) is 0 Å². The van der Waals surface area contributed by atoms with Crippen LogP contribution in [0.4, 0.5) is 0 Å². The maximum absolute atomic E-state index is 10.2. The van der Waals surface area contributed by atoms with Crippen molar-refractivity contribution >= 4 is 0 Å². The van der Waals surface area contributed by atoms with Gasteiger partial charge in [0.2, 0.25) is 12.1 Å². The number of rotatable bonds is 6. The fourth-order valence-corrected chi connectivity index (χ4v) is 3.26. The molecule has 2 atom stereocenters. The van der Waals surface area contributed by atoms with Crippen molar-refractivity contribution in [3.05, 3.63) is 108 Å². The molecule has 1 fully saturated rings. The summed E-state index contributed by atoms with van der Waals surface area (Å²) in [4.78, 5) is 0. The zero-order chi connectivity index (χ0) is 18.0. The smallest absolute Gasteiger partial charge is 0.244 e. The normalized spacial score (nSPS) is 22.2. The van der Waals surface area contributed by atoms with E-state index in [1.54, 1.807) is 0 Å². The molecule has 0 aromatic heterocycles. The molecular weight excluding hydrogens is 328 g/mol. The summed E-state index contributed by atoms with van der Waals surface area (Å²) in [5.74, 6) is -1.66. The standard InChI is InChI=1S/C22H20O4/c23-16-21(24)20(25-21)26-22(17-10-4-1-5-11-17,18-12-6-2-7-13-18)19-14-8-3-9-15-19/h1-15,20,23-24H,16H2. The largest absolute Gasteiger partial charge is 0.391 e. The lowest BCUT2D eigenvalue weighted by molar-refractivity contribution is -0.0565. The van der Waals surface area contributed by atoms with Gasteiger partial charge in [0.25, 0.3) is 0 Å². The van der Waals surface area contributed by atoms with E-state index in [-0.39, 0.29) is 0 Å². The highest BCUT2D eigenvalue weighted by molar-refractivity contribution is 5.47. The highest BCUT2D eigenvalue weighted by Gasteiger charge is 2.60. The van der Waals surface area contributed by atoms with Gasteiger partial charge in [-0.15, -0.1) is 0 Å². The number of ether oxygens (including phenoxy) is 2. The monoisotopic (exact) mass is 348 g/mol. The van der Waals surface area contributed by atoms with Crippen LogP contribution in [-0.2, 0) is 15.1 Å². The van der Waals surface area contributed by atoms with Crippen LogP contribution in [0.3, 0.4) is 0 Å². The van der Waals surface area contributed by atoms with Gasteiger partial charge in [0, 0.05) is 0 Å². The molecule has 0 bridgehead atoms. The van der Waals surface area contributed by atoms with Crippen LogP contribution in [0, 0.1) is 0 Å². The molecule has 1 saturated heterocycles. The highest BCUT2D eigenvalue weighted by atomic mass is 16.9. The lowest BCUT2D eigenvalue weighted by atomic mass is 9.80. The summed E-state index contributed by atoms with van der Waals surface area (Å²) in [5.41, 5.74) is 1.75. The number of aliphatic hydroxyl groups is 2. The molecule has 0 aliphatic carbocycles. The first-order valence-corrected chi connectivity index (χ1v) is 8.54. The summed E-state index contributed by atoms with van der Waals surface area (Å²) in [6.45, 7) is -0.522. The molecule has 2 N–H and O–H groups in total. The van der Waals surface area contributed by atoms with Gasteiger partial charge in [0.05, 0.1) is 0 Å². The van der Waals surface area contributed by atoms with Crippen LogP contribution >= 0.6 is 0 Å². The second-order valence-electron chi connectivity index (χ2n) is 6.35.